The number of sulfonamides is 1. The van der Waals surface area contributed by atoms with Gasteiger partial charge in [-0.25, -0.2) is 12.7 Å². The van der Waals surface area contributed by atoms with Crippen molar-refractivity contribution in [3.05, 3.63) is 54.1 Å². The van der Waals surface area contributed by atoms with E-state index in [1.807, 2.05) is 24.3 Å². The minimum Gasteiger partial charge on any atom is -0.484 e. The topological polar surface area (TPSA) is 75.7 Å². The van der Waals surface area contributed by atoms with E-state index in [4.69, 9.17) is 4.74 Å². The van der Waals surface area contributed by atoms with Crippen LogP contribution in [0.5, 0.6) is 5.75 Å². The zero-order valence-corrected chi connectivity index (χ0v) is 16.2. The Labute approximate surface area is 154 Å². The lowest BCUT2D eigenvalue weighted by Crippen LogP contribution is -2.22. The number of nitrogens with one attached hydrogen (secondary N) is 1. The minimum atomic E-state index is -3.48. The molecule has 0 aliphatic heterocycles. The van der Waals surface area contributed by atoms with Crippen LogP contribution in [0, 0.1) is 0 Å². The fraction of sp³-hybridized carbons (Fsp3) is 0.316. The van der Waals surface area contributed by atoms with Crippen molar-refractivity contribution in [2.75, 3.05) is 26.0 Å². The van der Waals surface area contributed by atoms with Crippen LogP contribution in [-0.2, 0) is 14.8 Å². The second-order valence-corrected chi connectivity index (χ2v) is 8.52. The molecule has 0 unspecified atom stereocenters. The molecule has 2 rings (SSSR count). The van der Waals surface area contributed by atoms with Crippen molar-refractivity contribution >= 4 is 21.6 Å². The molecule has 0 heterocycles. The molecule has 1 N–H and O–H groups in total. The molecule has 6 nitrogen and oxygen atoms in total. The van der Waals surface area contributed by atoms with Crippen LogP contribution in [0.2, 0.25) is 0 Å². The first kappa shape index (κ1) is 19.9. The van der Waals surface area contributed by atoms with Crippen LogP contribution in [-0.4, -0.2) is 39.3 Å². The Morgan fingerprint density at radius 2 is 1.62 bits per heavy atom. The van der Waals surface area contributed by atoms with Crippen LogP contribution in [0.4, 0.5) is 5.69 Å². The Bertz CT molecular complexity index is 842. The molecule has 0 spiro atoms. The van der Waals surface area contributed by atoms with E-state index >= 15 is 0 Å². The van der Waals surface area contributed by atoms with Gasteiger partial charge in [0.15, 0.2) is 6.61 Å². The van der Waals surface area contributed by atoms with Crippen LogP contribution in [0.25, 0.3) is 0 Å². The highest BCUT2D eigenvalue weighted by Crippen LogP contribution is 2.19. The maximum absolute atomic E-state index is 12.0. The third-order valence-electron chi connectivity index (χ3n) is 3.83. The smallest absolute Gasteiger partial charge is 0.262 e. The Kier molecular flexibility index (Phi) is 6.39. The molecule has 0 radical (unpaired) electrons. The van der Waals surface area contributed by atoms with Crippen molar-refractivity contribution in [3.63, 3.8) is 0 Å². The SMILES string of the molecule is CC(C)c1ccc(OCC(=O)Nc2ccc(S(=O)(=O)N(C)C)cc2)cc1. The summed E-state index contributed by atoms with van der Waals surface area (Å²) in [4.78, 5) is 12.2. The molecule has 140 valence electrons. The molecule has 2 aromatic rings. The minimum absolute atomic E-state index is 0.126. The molecule has 0 atom stereocenters. The molecule has 1 amide bonds. The molecule has 7 heteroatoms. The summed E-state index contributed by atoms with van der Waals surface area (Å²) in [7, 11) is -0.546. The molecule has 0 saturated heterocycles. The average Bonchev–Trinajstić information content (AvgIpc) is 2.60. The van der Waals surface area contributed by atoms with E-state index in [1.54, 1.807) is 12.1 Å². The van der Waals surface area contributed by atoms with E-state index in [1.165, 1.54) is 31.8 Å². The van der Waals surface area contributed by atoms with Crippen LogP contribution in [0.1, 0.15) is 25.3 Å². The predicted octanol–water partition coefficient (Wildman–Crippen LogP) is 3.08. The van der Waals surface area contributed by atoms with Crippen LogP contribution in [0.3, 0.4) is 0 Å². The van der Waals surface area contributed by atoms with Gasteiger partial charge in [-0.1, -0.05) is 26.0 Å². The van der Waals surface area contributed by atoms with Gasteiger partial charge in [0.2, 0.25) is 10.0 Å². The van der Waals surface area contributed by atoms with E-state index < -0.39 is 10.0 Å². The van der Waals surface area contributed by atoms with E-state index in [9.17, 15) is 13.2 Å². The van der Waals surface area contributed by atoms with E-state index in [2.05, 4.69) is 19.2 Å². The number of benzene rings is 2. The van der Waals surface area contributed by atoms with Gasteiger partial charge in [0.1, 0.15) is 5.75 Å². The monoisotopic (exact) mass is 376 g/mol. The normalized spacial score (nSPS) is 11.6. The number of carbonyl (C=O) groups excluding carboxylic acids is 1. The van der Waals surface area contributed by atoms with Gasteiger partial charge in [0.05, 0.1) is 4.90 Å². The largest absolute Gasteiger partial charge is 0.484 e. The van der Waals surface area contributed by atoms with Crippen molar-refractivity contribution < 1.29 is 17.9 Å². The zero-order chi connectivity index (χ0) is 19.3. The van der Waals surface area contributed by atoms with Gasteiger partial charge in [-0.3, -0.25) is 4.79 Å². The molecular weight excluding hydrogens is 352 g/mol. The lowest BCUT2D eigenvalue weighted by molar-refractivity contribution is -0.118. The maximum atomic E-state index is 12.0. The summed E-state index contributed by atoms with van der Waals surface area (Å²) in [5.41, 5.74) is 1.71. The quantitative estimate of drug-likeness (QED) is 0.806. The summed E-state index contributed by atoms with van der Waals surface area (Å²) in [5, 5.41) is 2.68. The van der Waals surface area contributed by atoms with Gasteiger partial charge in [0, 0.05) is 19.8 Å². The highest BCUT2D eigenvalue weighted by Gasteiger charge is 2.16. The number of rotatable bonds is 7. The Hall–Kier alpha value is -2.38. The number of hydrogen-bond acceptors (Lipinski definition) is 4. The second kappa shape index (κ2) is 8.33. The first-order valence-corrected chi connectivity index (χ1v) is 9.69. The summed E-state index contributed by atoms with van der Waals surface area (Å²) >= 11 is 0. The lowest BCUT2D eigenvalue weighted by Gasteiger charge is -2.12. The van der Waals surface area contributed by atoms with E-state index in [0.29, 0.717) is 17.4 Å². The molecule has 0 aliphatic carbocycles. The number of hydrogen-bond donors (Lipinski definition) is 1. The summed E-state index contributed by atoms with van der Waals surface area (Å²) in [6.07, 6.45) is 0. The van der Waals surface area contributed by atoms with Crippen molar-refractivity contribution in [1.29, 1.82) is 0 Å². The standard InChI is InChI=1S/C19H24N2O4S/c1-14(2)15-5-9-17(10-6-15)25-13-19(22)20-16-7-11-18(12-8-16)26(23,24)21(3)4/h5-12,14H,13H2,1-4H3,(H,20,22). The van der Waals surface area contributed by atoms with Crippen molar-refractivity contribution in [2.24, 2.45) is 0 Å². The lowest BCUT2D eigenvalue weighted by atomic mass is 10.0. The van der Waals surface area contributed by atoms with E-state index in [0.717, 1.165) is 4.31 Å². The number of anilines is 1. The van der Waals surface area contributed by atoms with Gasteiger partial charge in [-0.15, -0.1) is 0 Å². The number of amides is 1. The predicted molar refractivity (Wildman–Crippen MR) is 102 cm³/mol. The maximum Gasteiger partial charge on any atom is 0.262 e. The highest BCUT2D eigenvalue weighted by atomic mass is 32.2. The molecule has 2 aromatic carbocycles. The molecular formula is C19H24N2O4S. The highest BCUT2D eigenvalue weighted by molar-refractivity contribution is 7.89. The van der Waals surface area contributed by atoms with Gasteiger partial charge in [0.25, 0.3) is 5.91 Å². The second-order valence-electron chi connectivity index (χ2n) is 6.37. The van der Waals surface area contributed by atoms with Gasteiger partial charge >= 0.3 is 0 Å². The number of carbonyl (C=O) groups is 1. The average molecular weight is 376 g/mol. The van der Waals surface area contributed by atoms with Crippen molar-refractivity contribution in [3.8, 4) is 5.75 Å². The van der Waals surface area contributed by atoms with E-state index in [-0.39, 0.29) is 17.4 Å². The Balaban J connectivity index is 1.91. The Morgan fingerprint density at radius 3 is 2.12 bits per heavy atom. The van der Waals surface area contributed by atoms with Gasteiger partial charge in [-0.2, -0.15) is 0 Å². The third-order valence-corrected chi connectivity index (χ3v) is 5.66. The number of ether oxygens (including phenoxy) is 1. The first-order valence-electron chi connectivity index (χ1n) is 8.25. The molecule has 26 heavy (non-hydrogen) atoms. The molecule has 0 fully saturated rings. The van der Waals surface area contributed by atoms with Crippen molar-refractivity contribution in [1.82, 2.24) is 4.31 Å². The summed E-state index contributed by atoms with van der Waals surface area (Å²) in [6, 6.07) is 13.6. The fourth-order valence-corrected chi connectivity index (χ4v) is 3.12. The fourth-order valence-electron chi connectivity index (χ4n) is 2.22. The molecule has 0 aliphatic rings. The van der Waals surface area contributed by atoms with Crippen LogP contribution in [0.15, 0.2) is 53.4 Å². The third kappa shape index (κ3) is 5.06. The zero-order valence-electron chi connectivity index (χ0n) is 15.4. The van der Waals surface area contributed by atoms with Gasteiger partial charge in [-0.05, 0) is 47.9 Å². The van der Waals surface area contributed by atoms with Crippen LogP contribution < -0.4 is 10.1 Å². The van der Waals surface area contributed by atoms with Crippen LogP contribution >= 0.6 is 0 Å². The summed E-state index contributed by atoms with van der Waals surface area (Å²) in [5.74, 6) is 0.741. The summed E-state index contributed by atoms with van der Waals surface area (Å²) in [6.45, 7) is 4.09. The first-order chi connectivity index (χ1) is 12.2. The van der Waals surface area contributed by atoms with Crippen molar-refractivity contribution in [2.45, 2.75) is 24.7 Å². The number of nitrogens with zero attached hydrogens (tertiary/aromatic N) is 1. The molecule has 0 aromatic heterocycles. The van der Waals surface area contributed by atoms with Gasteiger partial charge < -0.3 is 10.1 Å². The Morgan fingerprint density at radius 1 is 1.04 bits per heavy atom. The molecule has 0 bridgehead atoms. The molecule has 0 saturated carbocycles. The summed E-state index contributed by atoms with van der Waals surface area (Å²) < 4.78 is 30.6.